The third-order valence-corrected chi connectivity index (χ3v) is 10.5. The van der Waals surface area contributed by atoms with E-state index in [4.69, 9.17) is 37.4 Å². The van der Waals surface area contributed by atoms with Crippen molar-refractivity contribution in [1.82, 2.24) is 0 Å². The number of hydrogen-bond acceptors (Lipinski definition) is 8. The van der Waals surface area contributed by atoms with Crippen LogP contribution in [0.4, 0.5) is 0 Å². The first kappa shape index (κ1) is 33.8. The van der Waals surface area contributed by atoms with Crippen LogP contribution in [0.5, 0.6) is 0 Å². The molecule has 1 atom stereocenters. The van der Waals surface area contributed by atoms with Gasteiger partial charge in [0.25, 0.3) is 0 Å². The highest BCUT2D eigenvalue weighted by molar-refractivity contribution is 6.66. The van der Waals surface area contributed by atoms with Crippen LogP contribution < -0.4 is 0 Å². The molecule has 0 bridgehead atoms. The normalized spacial score (nSPS) is 12.5. The van der Waals surface area contributed by atoms with Crippen molar-refractivity contribution in [1.29, 1.82) is 0 Å². The van der Waals surface area contributed by atoms with Crippen molar-refractivity contribution >= 4 is 35.3 Å². The fourth-order valence-corrected chi connectivity index (χ4v) is 8.34. The molecule has 11 nitrogen and oxygen atoms in total. The van der Waals surface area contributed by atoms with Crippen molar-refractivity contribution in [3.05, 3.63) is 0 Å². The van der Waals surface area contributed by atoms with Crippen LogP contribution in [0.1, 0.15) is 53.9 Å². The highest BCUT2D eigenvalue weighted by Gasteiger charge is 2.45. The minimum absolute atomic E-state index is 0.0375. The van der Waals surface area contributed by atoms with Crippen LogP contribution in [-0.2, 0) is 36.5 Å². The highest BCUT2D eigenvalue weighted by atomic mass is 28.4. The molecule has 0 aromatic rings. The maximum absolute atomic E-state index is 11.1. The Hall–Kier alpha value is -1.36. The summed E-state index contributed by atoms with van der Waals surface area (Å²) < 4.78 is 27.7. The topological polar surface area (TPSA) is 158 Å². The molecule has 0 saturated heterocycles. The van der Waals surface area contributed by atoms with E-state index in [-0.39, 0.29) is 12.5 Å². The molecule has 0 amide bonds. The number of carboxylic acid groups (broad SMARTS) is 3. The molecule has 0 aromatic heterocycles. The Morgan fingerprint density at radius 1 is 0.727 bits per heavy atom. The second-order valence-electron chi connectivity index (χ2n) is 7.07. The number of carbonyl (C=O) groups is 3. The van der Waals surface area contributed by atoms with Gasteiger partial charge in [-0.1, -0.05) is 0 Å². The predicted octanol–water partition coefficient (Wildman–Crippen LogP) is 3.21. The first-order valence-electron chi connectivity index (χ1n) is 11.3. The van der Waals surface area contributed by atoms with E-state index < -0.39 is 47.6 Å². The molecule has 3 N–H and O–H groups in total. The Bertz CT molecular complexity index is 537. The van der Waals surface area contributed by atoms with Gasteiger partial charge in [0, 0.05) is 45.5 Å². The van der Waals surface area contributed by atoms with Crippen molar-refractivity contribution in [3.8, 4) is 0 Å². The molecule has 0 aliphatic carbocycles. The zero-order chi connectivity index (χ0) is 25.9. The molecule has 0 radical (unpaired) electrons. The molecular weight excluding hydrogens is 472 g/mol. The average molecular weight is 515 g/mol. The fourth-order valence-electron chi connectivity index (χ4n) is 3.08. The van der Waals surface area contributed by atoms with Crippen LogP contribution in [-0.4, -0.2) is 83.6 Å². The van der Waals surface area contributed by atoms with E-state index in [1.807, 2.05) is 20.4 Å². The molecular formula is C20H42O11Si2. The van der Waals surface area contributed by atoms with Crippen LogP contribution in [0.25, 0.3) is 0 Å². The molecule has 1 unspecified atom stereocenters. The predicted molar refractivity (Wildman–Crippen MR) is 125 cm³/mol. The lowest BCUT2D eigenvalue weighted by Crippen LogP contribution is -2.48. The van der Waals surface area contributed by atoms with E-state index in [1.165, 1.54) is 0 Å². The van der Waals surface area contributed by atoms with Gasteiger partial charge in [-0.2, -0.15) is 0 Å². The van der Waals surface area contributed by atoms with Crippen LogP contribution in [0, 0.1) is 5.92 Å². The molecule has 33 heavy (non-hydrogen) atoms. The second kappa shape index (κ2) is 19.0. The summed E-state index contributed by atoms with van der Waals surface area (Å²) >= 11 is 0. The smallest absolute Gasteiger partial charge is 0.481 e. The number of carboxylic acids is 3. The quantitative estimate of drug-likeness (QED) is 0.217. The second-order valence-corrected chi connectivity index (χ2v) is 13.1. The Morgan fingerprint density at radius 3 is 1.45 bits per heavy atom. The molecule has 0 aliphatic heterocycles. The van der Waals surface area contributed by atoms with E-state index in [0.717, 1.165) is 6.04 Å². The van der Waals surface area contributed by atoms with Gasteiger partial charge >= 0.3 is 35.3 Å². The van der Waals surface area contributed by atoms with Gasteiger partial charge < -0.3 is 37.4 Å². The molecule has 13 heteroatoms. The summed E-state index contributed by atoms with van der Waals surface area (Å²) in [5.74, 6) is -4.18. The van der Waals surface area contributed by atoms with E-state index in [9.17, 15) is 14.4 Å². The lowest BCUT2D eigenvalue weighted by atomic mass is 10.1. The summed E-state index contributed by atoms with van der Waals surface area (Å²) in [7, 11) is -5.21. The molecule has 0 aromatic carbocycles. The molecule has 0 fully saturated rings. The van der Waals surface area contributed by atoms with Crippen LogP contribution >= 0.6 is 0 Å². The van der Waals surface area contributed by atoms with Crippen molar-refractivity contribution in [2.45, 2.75) is 72.5 Å². The summed E-state index contributed by atoms with van der Waals surface area (Å²) in [6, 6.07) is 0.713. The maximum atomic E-state index is 11.1. The number of aliphatic carboxylic acids is 3. The summed E-state index contributed by atoms with van der Waals surface area (Å²) in [5.41, 5.74) is 0. The van der Waals surface area contributed by atoms with E-state index in [1.54, 1.807) is 20.8 Å². The van der Waals surface area contributed by atoms with Gasteiger partial charge in [0.05, 0.1) is 12.3 Å². The van der Waals surface area contributed by atoms with E-state index in [2.05, 4.69) is 0 Å². The number of hydrogen-bond donors (Lipinski definition) is 3. The Kier molecular flexibility index (Phi) is 19.5. The lowest BCUT2D eigenvalue weighted by molar-refractivity contribution is -0.148. The van der Waals surface area contributed by atoms with Crippen molar-refractivity contribution in [2.75, 3.05) is 33.0 Å². The van der Waals surface area contributed by atoms with Gasteiger partial charge in [-0.05, 0) is 53.6 Å². The Balaban J connectivity index is 0. The minimum atomic E-state index is -3.13. The molecule has 0 spiro atoms. The van der Waals surface area contributed by atoms with Gasteiger partial charge in [0.2, 0.25) is 0 Å². The SMILES string of the molecule is CCO[Si](C)(CCCC(=O)O)OCC.CCO[Si](CC(CC(=O)O)C(=O)O)(OCC)OCC. The maximum Gasteiger partial charge on any atom is 0.501 e. The van der Waals surface area contributed by atoms with Crippen molar-refractivity contribution < 1.29 is 51.8 Å². The first-order chi connectivity index (χ1) is 15.4. The first-order valence-corrected chi connectivity index (χ1v) is 15.8. The largest absolute Gasteiger partial charge is 0.501 e. The molecule has 0 saturated carbocycles. The lowest BCUT2D eigenvalue weighted by Gasteiger charge is -2.30. The summed E-state index contributed by atoms with van der Waals surface area (Å²) in [4.78, 5) is 32.2. The highest BCUT2D eigenvalue weighted by Crippen LogP contribution is 2.24. The standard InChI is InChI=1S/C11H22O7Si.C9H20O4Si/c1-4-16-19(17-5-2,18-6-3)8-9(11(14)15)7-10(12)13;1-4-12-14(3,13-5-2)8-6-7-9(10)11/h9H,4-8H2,1-3H3,(H,12,13)(H,14,15);4-8H2,1-3H3,(H,10,11). The average Bonchev–Trinajstić information content (AvgIpc) is 2.68. The van der Waals surface area contributed by atoms with Gasteiger partial charge in [-0.3, -0.25) is 14.4 Å². The van der Waals surface area contributed by atoms with Crippen LogP contribution in [0.15, 0.2) is 0 Å². The van der Waals surface area contributed by atoms with Crippen molar-refractivity contribution in [2.24, 2.45) is 5.92 Å². The van der Waals surface area contributed by atoms with E-state index in [0.29, 0.717) is 39.5 Å². The van der Waals surface area contributed by atoms with Gasteiger partial charge in [-0.15, -0.1) is 0 Å². The fraction of sp³-hybridized carbons (Fsp3) is 0.850. The Labute approximate surface area is 198 Å². The zero-order valence-corrected chi connectivity index (χ0v) is 22.8. The molecule has 0 rings (SSSR count). The van der Waals surface area contributed by atoms with Gasteiger partial charge in [0.15, 0.2) is 0 Å². The zero-order valence-electron chi connectivity index (χ0n) is 20.8. The summed E-state index contributed by atoms with van der Waals surface area (Å²) in [5, 5.41) is 26.3. The van der Waals surface area contributed by atoms with Gasteiger partial charge in [0.1, 0.15) is 0 Å². The minimum Gasteiger partial charge on any atom is -0.481 e. The van der Waals surface area contributed by atoms with Crippen molar-refractivity contribution in [3.63, 3.8) is 0 Å². The van der Waals surface area contributed by atoms with E-state index >= 15 is 0 Å². The summed E-state index contributed by atoms with van der Waals surface area (Å²) in [6.07, 6.45) is 0.359. The van der Waals surface area contributed by atoms with Crippen LogP contribution in [0.3, 0.4) is 0 Å². The summed E-state index contributed by atoms with van der Waals surface area (Å²) in [6.45, 7) is 13.4. The Morgan fingerprint density at radius 2 is 1.15 bits per heavy atom. The molecule has 0 heterocycles. The van der Waals surface area contributed by atoms with Crippen LogP contribution in [0.2, 0.25) is 18.6 Å². The monoisotopic (exact) mass is 514 g/mol. The third-order valence-electron chi connectivity index (χ3n) is 4.28. The number of rotatable bonds is 19. The molecule has 196 valence electrons. The molecule has 0 aliphatic rings. The third kappa shape index (κ3) is 16.8. The van der Waals surface area contributed by atoms with Gasteiger partial charge in [-0.25, -0.2) is 0 Å².